The van der Waals surface area contributed by atoms with E-state index in [1.165, 1.54) is 0 Å². The number of hydrogen-bond acceptors (Lipinski definition) is 3. The first kappa shape index (κ1) is 22.9. The minimum atomic E-state index is -4.95. The number of carbonyl (C=O) groups is 1. The summed E-state index contributed by atoms with van der Waals surface area (Å²) in [6.45, 7) is 3.53. The Kier molecular flexibility index (Phi) is 7.82. The van der Waals surface area contributed by atoms with E-state index < -0.39 is 38.3 Å². The summed E-state index contributed by atoms with van der Waals surface area (Å²) in [6.07, 6.45) is -2.27. The van der Waals surface area contributed by atoms with Crippen LogP contribution in [0.4, 0.5) is 13.2 Å². The Hall–Kier alpha value is -2.10. The van der Waals surface area contributed by atoms with Gasteiger partial charge in [-0.05, 0) is 30.5 Å². The van der Waals surface area contributed by atoms with E-state index in [9.17, 15) is 26.4 Å². The van der Waals surface area contributed by atoms with Crippen LogP contribution in [0.3, 0.4) is 0 Å². The van der Waals surface area contributed by atoms with Crippen molar-refractivity contribution in [2.45, 2.75) is 57.0 Å². The average molecular weight is 407 g/mol. The summed E-state index contributed by atoms with van der Waals surface area (Å²) in [4.78, 5) is 14.5. The molecule has 4 N–H and O–H groups in total. The predicted octanol–water partition coefficient (Wildman–Crippen LogP) is 3.04. The highest BCUT2D eigenvalue weighted by Gasteiger charge is 2.38. The van der Waals surface area contributed by atoms with Crippen molar-refractivity contribution >= 4 is 21.7 Å². The molecule has 1 aromatic carbocycles. The smallest absolute Gasteiger partial charge is 0.370 e. The summed E-state index contributed by atoms with van der Waals surface area (Å²) in [6, 6.07) is 1.43. The van der Waals surface area contributed by atoms with Gasteiger partial charge >= 0.3 is 6.18 Å². The van der Waals surface area contributed by atoms with Crippen molar-refractivity contribution in [3.8, 4) is 0 Å². The van der Waals surface area contributed by atoms with Crippen LogP contribution in [0.2, 0.25) is 0 Å². The second-order valence-corrected chi connectivity index (χ2v) is 8.16. The number of guanidine groups is 1. The van der Waals surface area contributed by atoms with Crippen LogP contribution in [0.5, 0.6) is 0 Å². The van der Waals surface area contributed by atoms with Gasteiger partial charge in [-0.15, -0.1) is 0 Å². The van der Waals surface area contributed by atoms with Crippen LogP contribution in [0, 0.1) is 0 Å². The molecular formula is C17H24F3N3O3S. The van der Waals surface area contributed by atoms with Gasteiger partial charge in [0.1, 0.15) is 0 Å². The second-order valence-electron chi connectivity index (χ2n) is 6.08. The average Bonchev–Trinajstić information content (AvgIpc) is 2.56. The van der Waals surface area contributed by atoms with Crippen LogP contribution in [-0.2, 0) is 22.4 Å². The molecule has 152 valence electrons. The molecule has 0 unspecified atom stereocenters. The van der Waals surface area contributed by atoms with E-state index in [1.807, 2.05) is 6.92 Å². The molecule has 0 atom stereocenters. The van der Waals surface area contributed by atoms with Gasteiger partial charge in [0.2, 0.25) is 0 Å². The molecule has 10 heteroatoms. The number of unbranched alkanes of at least 4 members (excludes halogenated alkanes) is 3. The number of halogens is 3. The third-order valence-corrected chi connectivity index (χ3v) is 5.79. The highest BCUT2D eigenvalue weighted by Crippen LogP contribution is 2.37. The van der Waals surface area contributed by atoms with Crippen molar-refractivity contribution in [3.05, 3.63) is 28.8 Å². The fourth-order valence-electron chi connectivity index (χ4n) is 2.60. The lowest BCUT2D eigenvalue weighted by Crippen LogP contribution is -2.25. The minimum absolute atomic E-state index is 0.130. The number of aryl methyl sites for hydroxylation is 1. The fourth-order valence-corrected chi connectivity index (χ4v) is 4.23. The monoisotopic (exact) mass is 407 g/mol. The first-order chi connectivity index (χ1) is 12.4. The number of sulfone groups is 1. The number of nitrogens with two attached hydrogens (primary N) is 2. The van der Waals surface area contributed by atoms with E-state index in [2.05, 4.69) is 4.99 Å². The molecule has 6 nitrogen and oxygen atoms in total. The van der Waals surface area contributed by atoms with Gasteiger partial charge in [0.15, 0.2) is 15.8 Å². The SMILES string of the molecule is CCCCCCS(=O)(=O)c1cc(CC)c(C(=O)N=C(N)N)cc1C(F)(F)F. The van der Waals surface area contributed by atoms with Gasteiger partial charge in [-0.1, -0.05) is 33.1 Å². The molecule has 1 rings (SSSR count). The zero-order chi connectivity index (χ0) is 20.8. The molecule has 0 saturated carbocycles. The fraction of sp³-hybridized carbons (Fsp3) is 0.529. The van der Waals surface area contributed by atoms with E-state index >= 15 is 0 Å². The molecule has 0 aromatic heterocycles. The van der Waals surface area contributed by atoms with Crippen LogP contribution >= 0.6 is 0 Å². The lowest BCUT2D eigenvalue weighted by Gasteiger charge is -2.17. The molecule has 0 bridgehead atoms. The number of benzene rings is 1. The standard InChI is InChI=1S/C17H24F3N3O3S/c1-3-5-6-7-8-27(25,26)14-9-11(4-2)12(15(24)23-16(21)22)10-13(14)17(18,19)20/h9-10H,3-8H2,1-2H3,(H4,21,22,23,24). The molecule has 1 amide bonds. The van der Waals surface area contributed by atoms with Crippen molar-refractivity contribution in [2.75, 3.05) is 5.75 Å². The molecule has 0 saturated heterocycles. The van der Waals surface area contributed by atoms with Crippen molar-refractivity contribution in [2.24, 2.45) is 16.5 Å². The Morgan fingerprint density at radius 1 is 1.11 bits per heavy atom. The second kappa shape index (κ2) is 9.20. The molecule has 0 aliphatic heterocycles. The molecular weight excluding hydrogens is 383 g/mol. The quantitative estimate of drug-likeness (QED) is 0.390. The van der Waals surface area contributed by atoms with E-state index in [4.69, 9.17) is 11.5 Å². The van der Waals surface area contributed by atoms with Gasteiger partial charge in [-0.2, -0.15) is 18.2 Å². The van der Waals surface area contributed by atoms with Crippen LogP contribution in [0.1, 0.15) is 61.0 Å². The van der Waals surface area contributed by atoms with Gasteiger partial charge in [0, 0.05) is 5.56 Å². The molecule has 0 aliphatic carbocycles. The molecule has 0 fully saturated rings. The number of alkyl halides is 3. The predicted molar refractivity (Wildman–Crippen MR) is 97.2 cm³/mol. The molecule has 0 heterocycles. The topological polar surface area (TPSA) is 116 Å². The Morgan fingerprint density at radius 3 is 2.22 bits per heavy atom. The third-order valence-electron chi connectivity index (χ3n) is 3.95. The summed E-state index contributed by atoms with van der Waals surface area (Å²) < 4.78 is 65.6. The Bertz CT molecular complexity index is 815. The van der Waals surface area contributed by atoms with Crippen molar-refractivity contribution in [1.82, 2.24) is 0 Å². The summed E-state index contributed by atoms with van der Waals surface area (Å²) in [5.74, 6) is -2.03. The Labute approximate surface area is 156 Å². The summed E-state index contributed by atoms with van der Waals surface area (Å²) >= 11 is 0. The van der Waals surface area contributed by atoms with Crippen LogP contribution in [0.15, 0.2) is 22.0 Å². The summed E-state index contributed by atoms with van der Waals surface area (Å²) in [5, 5.41) is 0. The van der Waals surface area contributed by atoms with Gasteiger partial charge in [-0.3, -0.25) is 4.79 Å². The molecule has 1 aromatic rings. The van der Waals surface area contributed by atoms with E-state index in [1.54, 1.807) is 6.92 Å². The highest BCUT2D eigenvalue weighted by molar-refractivity contribution is 7.91. The molecule has 0 aliphatic rings. The highest BCUT2D eigenvalue weighted by atomic mass is 32.2. The van der Waals surface area contributed by atoms with E-state index in [0.717, 1.165) is 18.9 Å². The zero-order valence-electron chi connectivity index (χ0n) is 15.3. The Morgan fingerprint density at radius 2 is 1.74 bits per heavy atom. The third kappa shape index (κ3) is 6.23. The number of nitrogens with zero attached hydrogens (tertiary/aromatic N) is 1. The zero-order valence-corrected chi connectivity index (χ0v) is 16.1. The number of hydrogen-bond donors (Lipinski definition) is 2. The van der Waals surface area contributed by atoms with Crippen LogP contribution < -0.4 is 11.5 Å². The number of carbonyl (C=O) groups excluding carboxylic acids is 1. The van der Waals surface area contributed by atoms with Crippen molar-refractivity contribution < 1.29 is 26.4 Å². The maximum atomic E-state index is 13.5. The first-order valence-electron chi connectivity index (χ1n) is 8.54. The van der Waals surface area contributed by atoms with Crippen LogP contribution in [0.25, 0.3) is 0 Å². The lowest BCUT2D eigenvalue weighted by atomic mass is 10.0. The maximum Gasteiger partial charge on any atom is 0.417 e. The van der Waals surface area contributed by atoms with Gasteiger partial charge in [0.05, 0.1) is 16.2 Å². The molecule has 0 spiro atoms. The van der Waals surface area contributed by atoms with Gasteiger partial charge < -0.3 is 11.5 Å². The maximum absolute atomic E-state index is 13.5. The molecule has 0 radical (unpaired) electrons. The number of aliphatic imine (C=N–C) groups is 1. The normalized spacial score (nSPS) is 12.0. The van der Waals surface area contributed by atoms with E-state index in [-0.39, 0.29) is 29.7 Å². The number of amides is 1. The molecule has 27 heavy (non-hydrogen) atoms. The van der Waals surface area contributed by atoms with E-state index in [0.29, 0.717) is 12.5 Å². The van der Waals surface area contributed by atoms with Gasteiger partial charge in [-0.25, -0.2) is 8.42 Å². The van der Waals surface area contributed by atoms with Crippen molar-refractivity contribution in [1.29, 1.82) is 0 Å². The number of rotatable bonds is 8. The first-order valence-corrected chi connectivity index (χ1v) is 10.2. The largest absolute Gasteiger partial charge is 0.417 e. The Balaban J connectivity index is 3.52. The van der Waals surface area contributed by atoms with Gasteiger partial charge in [0.25, 0.3) is 5.91 Å². The summed E-state index contributed by atoms with van der Waals surface area (Å²) in [5.41, 5.74) is 8.60. The lowest BCUT2D eigenvalue weighted by molar-refractivity contribution is -0.139. The summed E-state index contributed by atoms with van der Waals surface area (Å²) in [7, 11) is -4.17. The minimum Gasteiger partial charge on any atom is -0.370 e. The van der Waals surface area contributed by atoms with Crippen LogP contribution in [-0.4, -0.2) is 26.0 Å². The van der Waals surface area contributed by atoms with Crippen molar-refractivity contribution in [3.63, 3.8) is 0 Å².